The van der Waals surface area contributed by atoms with Crippen molar-refractivity contribution in [2.24, 2.45) is 0 Å². The Morgan fingerprint density at radius 2 is 0.582 bits per heavy atom. The average molecular weight is 1570 g/mol. The molecule has 3 aliphatic rings. The molecule has 110 heavy (non-hydrogen) atoms. The summed E-state index contributed by atoms with van der Waals surface area (Å²) >= 11 is 0. The molecule has 0 spiro atoms. The summed E-state index contributed by atoms with van der Waals surface area (Å²) < 4.78 is 34.5. The zero-order chi connectivity index (χ0) is 79.5. The molecule has 17 atom stereocenters. The Bertz CT molecular complexity index is 2120. The van der Waals surface area contributed by atoms with Crippen molar-refractivity contribution in [1.82, 2.24) is 5.32 Å². The van der Waals surface area contributed by atoms with E-state index in [0.29, 0.717) is 12.8 Å². The Labute approximate surface area is 670 Å². The first kappa shape index (κ1) is 102. The molecular formula is C91H171NO18. The van der Waals surface area contributed by atoms with Crippen LogP contribution >= 0.6 is 0 Å². The zero-order valence-corrected chi connectivity index (χ0v) is 70.0. The molecule has 0 aromatic rings. The van der Waals surface area contributed by atoms with E-state index in [2.05, 4.69) is 43.5 Å². The predicted molar refractivity (Wildman–Crippen MR) is 443 cm³/mol. The number of aliphatic hydroxyl groups is 11. The lowest BCUT2D eigenvalue weighted by Crippen LogP contribution is -2.66. The Kier molecular flexibility index (Phi) is 66.1. The minimum Gasteiger partial charge on any atom is -0.394 e. The van der Waals surface area contributed by atoms with E-state index in [1.54, 1.807) is 6.08 Å². The van der Waals surface area contributed by atoms with Crippen molar-refractivity contribution < 1.29 is 89.4 Å². The molecule has 0 saturated carbocycles. The second kappa shape index (κ2) is 71.1. The summed E-state index contributed by atoms with van der Waals surface area (Å²) in [4.78, 5) is 13.5. The van der Waals surface area contributed by atoms with Crippen LogP contribution in [0.1, 0.15) is 406 Å². The maximum absolute atomic E-state index is 13.5. The molecule has 3 fully saturated rings. The monoisotopic (exact) mass is 1570 g/mol. The first-order valence-corrected chi connectivity index (χ1v) is 46.2. The van der Waals surface area contributed by atoms with Crippen LogP contribution in [0.4, 0.5) is 0 Å². The molecule has 12 N–H and O–H groups in total. The van der Waals surface area contributed by atoms with Crippen molar-refractivity contribution in [2.45, 2.75) is 510 Å². The van der Waals surface area contributed by atoms with Crippen molar-refractivity contribution >= 4 is 5.91 Å². The molecule has 0 aromatic heterocycles. The van der Waals surface area contributed by atoms with Gasteiger partial charge >= 0.3 is 0 Å². The van der Waals surface area contributed by atoms with Gasteiger partial charge in [-0.25, -0.2) is 0 Å². The van der Waals surface area contributed by atoms with Crippen LogP contribution in [0.15, 0.2) is 36.5 Å². The Hall–Kier alpha value is -1.99. The molecule has 17 unspecified atom stereocenters. The van der Waals surface area contributed by atoms with Gasteiger partial charge in [-0.3, -0.25) is 4.79 Å². The van der Waals surface area contributed by atoms with Gasteiger partial charge in [0, 0.05) is 6.42 Å². The SMILES string of the molecule is CCCCCCCCCCCCCCCCCCC/C=C/CC/C=C/CC/C=C/C(O)C(COC1OC(CO)C(OC2OC(CO)C(OC3OC(CO)C(O)C(O)C3O)C(O)C2O)C(O)C1O)NC(=O)CCCCCCCCCCCCCCCCCCCCCCCCCCCCCCCCCCCCCCCC. The zero-order valence-electron chi connectivity index (χ0n) is 70.0. The van der Waals surface area contributed by atoms with E-state index in [-0.39, 0.29) is 18.9 Å². The van der Waals surface area contributed by atoms with Crippen LogP contribution in [0.2, 0.25) is 0 Å². The van der Waals surface area contributed by atoms with Crippen LogP contribution in [0.25, 0.3) is 0 Å². The average Bonchev–Trinajstić information content (AvgIpc) is 0.780. The molecule has 3 heterocycles. The summed E-state index contributed by atoms with van der Waals surface area (Å²) in [5, 5.41) is 121. The summed E-state index contributed by atoms with van der Waals surface area (Å²) in [5.41, 5.74) is 0. The summed E-state index contributed by atoms with van der Waals surface area (Å²) in [6.07, 6.45) is 64.7. The van der Waals surface area contributed by atoms with Gasteiger partial charge < -0.3 is 89.9 Å². The highest BCUT2D eigenvalue weighted by Crippen LogP contribution is 2.34. The summed E-state index contributed by atoms with van der Waals surface area (Å²) in [6, 6.07) is -0.997. The van der Waals surface area contributed by atoms with Gasteiger partial charge in [0.05, 0.1) is 38.6 Å². The number of allylic oxidation sites excluding steroid dienone is 5. The molecule has 648 valence electrons. The highest BCUT2D eigenvalue weighted by Gasteiger charge is 2.54. The van der Waals surface area contributed by atoms with Gasteiger partial charge in [-0.05, 0) is 44.9 Å². The summed E-state index contributed by atoms with van der Waals surface area (Å²) in [6.45, 7) is 1.78. The fraction of sp³-hybridized carbons (Fsp3) is 0.923. The number of ether oxygens (including phenoxy) is 6. The smallest absolute Gasteiger partial charge is 0.220 e. The lowest BCUT2D eigenvalue weighted by molar-refractivity contribution is -0.379. The normalized spacial score (nSPS) is 25.3. The molecule has 3 rings (SSSR count). The van der Waals surface area contributed by atoms with Crippen LogP contribution < -0.4 is 5.32 Å². The first-order valence-electron chi connectivity index (χ1n) is 46.2. The molecule has 3 aliphatic heterocycles. The third-order valence-electron chi connectivity index (χ3n) is 23.2. The highest BCUT2D eigenvalue weighted by molar-refractivity contribution is 5.76. The van der Waals surface area contributed by atoms with Crippen LogP contribution in [0.5, 0.6) is 0 Å². The first-order chi connectivity index (χ1) is 53.8. The minimum absolute atomic E-state index is 0.237. The van der Waals surface area contributed by atoms with Gasteiger partial charge in [-0.15, -0.1) is 0 Å². The maximum Gasteiger partial charge on any atom is 0.220 e. The lowest BCUT2D eigenvalue weighted by Gasteiger charge is -2.48. The molecule has 3 saturated heterocycles. The second-order valence-electron chi connectivity index (χ2n) is 33.1. The molecule has 0 radical (unpaired) electrons. The van der Waals surface area contributed by atoms with Crippen molar-refractivity contribution in [2.75, 3.05) is 26.4 Å². The quantitative estimate of drug-likeness (QED) is 0.0199. The van der Waals surface area contributed by atoms with E-state index >= 15 is 0 Å². The van der Waals surface area contributed by atoms with E-state index < -0.39 is 124 Å². The van der Waals surface area contributed by atoms with Crippen molar-refractivity contribution in [1.29, 1.82) is 0 Å². The number of rotatable bonds is 76. The fourth-order valence-corrected chi connectivity index (χ4v) is 15.8. The lowest BCUT2D eigenvalue weighted by atomic mass is 9.96. The number of carbonyl (C=O) groups excluding carboxylic acids is 1. The Morgan fingerprint density at radius 3 is 0.909 bits per heavy atom. The number of amides is 1. The molecule has 0 aliphatic carbocycles. The van der Waals surface area contributed by atoms with E-state index in [1.807, 2.05) is 6.08 Å². The number of unbranched alkanes of at least 4 members (excludes halogenated alkanes) is 56. The van der Waals surface area contributed by atoms with E-state index in [9.17, 15) is 61.0 Å². The second-order valence-corrected chi connectivity index (χ2v) is 33.1. The molecule has 0 aromatic carbocycles. The number of hydrogen-bond acceptors (Lipinski definition) is 18. The van der Waals surface area contributed by atoms with Gasteiger partial charge in [0.15, 0.2) is 18.9 Å². The van der Waals surface area contributed by atoms with Gasteiger partial charge in [0.25, 0.3) is 0 Å². The van der Waals surface area contributed by atoms with E-state index in [1.165, 1.54) is 327 Å². The predicted octanol–water partition coefficient (Wildman–Crippen LogP) is 17.8. The van der Waals surface area contributed by atoms with Gasteiger partial charge in [-0.1, -0.05) is 391 Å². The number of nitrogens with one attached hydrogen (secondary N) is 1. The molecule has 19 nitrogen and oxygen atoms in total. The highest BCUT2D eigenvalue weighted by atomic mass is 16.8. The topological polar surface area (TPSA) is 307 Å². The maximum atomic E-state index is 13.5. The van der Waals surface area contributed by atoms with E-state index in [0.717, 1.165) is 44.9 Å². The molecule has 19 heteroatoms. The molecule has 0 bridgehead atoms. The number of hydrogen-bond donors (Lipinski definition) is 12. The van der Waals surface area contributed by atoms with Crippen molar-refractivity contribution in [3.05, 3.63) is 36.5 Å². The summed E-state index contributed by atoms with van der Waals surface area (Å²) in [5.74, 6) is -0.281. The number of aliphatic hydroxyl groups excluding tert-OH is 11. The standard InChI is InChI=1S/C91H171NO18/c1-3-5-7-9-11-13-15-17-19-21-23-25-27-29-31-32-33-34-35-36-37-38-39-40-41-43-45-47-49-51-53-55-57-59-61-63-65-67-69-79(97)92-74(75(96)68-66-64-62-60-58-56-54-52-50-48-46-44-42-30-28-26-24-22-20-18-16-14-12-10-8-6-4-2)73-105-89-85(103)82(100)87(77(71-94)107-89)110-91-86(104)83(101)88(78(72-95)108-91)109-90-84(102)81(99)80(98)76(70-93)106-90/h50,52,58,60,66,68,74-78,80-91,93-96,98-104H,3-49,51,53-57,59,61-65,67,69-73H2,1-2H3,(H,92,97)/b52-50+,60-58+,68-66+. The van der Waals surface area contributed by atoms with Crippen molar-refractivity contribution in [3.8, 4) is 0 Å². The van der Waals surface area contributed by atoms with E-state index in [4.69, 9.17) is 28.4 Å². The van der Waals surface area contributed by atoms with Crippen molar-refractivity contribution in [3.63, 3.8) is 0 Å². The van der Waals surface area contributed by atoms with Gasteiger partial charge in [-0.2, -0.15) is 0 Å². The number of carbonyl (C=O) groups is 1. The third kappa shape index (κ3) is 49.3. The fourth-order valence-electron chi connectivity index (χ4n) is 15.8. The van der Waals surface area contributed by atoms with Crippen LogP contribution in [-0.4, -0.2) is 193 Å². The van der Waals surface area contributed by atoms with Gasteiger partial charge in [0.2, 0.25) is 5.91 Å². The van der Waals surface area contributed by atoms with Crippen LogP contribution in [0.3, 0.4) is 0 Å². The Morgan fingerprint density at radius 1 is 0.318 bits per heavy atom. The molecular weight excluding hydrogens is 1390 g/mol. The third-order valence-corrected chi connectivity index (χ3v) is 23.2. The molecule has 1 amide bonds. The largest absolute Gasteiger partial charge is 0.394 e. The van der Waals surface area contributed by atoms with Crippen LogP contribution in [-0.2, 0) is 33.2 Å². The summed E-state index contributed by atoms with van der Waals surface area (Å²) in [7, 11) is 0. The minimum atomic E-state index is -1.98. The Balaban J connectivity index is 1.31. The van der Waals surface area contributed by atoms with Crippen LogP contribution in [0, 0.1) is 0 Å². The van der Waals surface area contributed by atoms with Gasteiger partial charge in [0.1, 0.15) is 73.2 Å².